The number of hydrogen-bond acceptors (Lipinski definition) is 5. The molecule has 1 rings (SSSR count). The van der Waals surface area contributed by atoms with Crippen LogP contribution in [0.1, 0.15) is 11.9 Å². The molecule has 18 heavy (non-hydrogen) atoms. The highest BCUT2D eigenvalue weighted by atomic mass is 35.5. The Morgan fingerprint density at radius 2 is 2.00 bits per heavy atom. The molecule has 5 nitrogen and oxygen atoms in total. The van der Waals surface area contributed by atoms with E-state index >= 15 is 0 Å². The number of ether oxygens (including phenoxy) is 2. The Morgan fingerprint density at radius 3 is 2.56 bits per heavy atom. The van der Waals surface area contributed by atoms with Gasteiger partial charge in [0, 0.05) is 37.0 Å². The van der Waals surface area contributed by atoms with E-state index in [1.807, 2.05) is 0 Å². The SMILES string of the molecule is COC(OC)c1cc(NCC(O)CO)ccc1Cl. The maximum Gasteiger partial charge on any atom is 0.184 e. The molecule has 1 aromatic carbocycles. The van der Waals surface area contributed by atoms with Crippen LogP contribution in [0.5, 0.6) is 0 Å². The van der Waals surface area contributed by atoms with Crippen molar-refractivity contribution in [3.8, 4) is 0 Å². The van der Waals surface area contributed by atoms with Gasteiger partial charge >= 0.3 is 0 Å². The topological polar surface area (TPSA) is 71.0 Å². The van der Waals surface area contributed by atoms with Crippen molar-refractivity contribution < 1.29 is 19.7 Å². The van der Waals surface area contributed by atoms with E-state index in [0.717, 1.165) is 5.69 Å². The normalized spacial score (nSPS) is 12.8. The van der Waals surface area contributed by atoms with Crippen LogP contribution in [0, 0.1) is 0 Å². The molecule has 1 aromatic rings. The lowest BCUT2D eigenvalue weighted by atomic mass is 10.2. The van der Waals surface area contributed by atoms with Gasteiger partial charge in [-0.2, -0.15) is 0 Å². The minimum absolute atomic E-state index is 0.252. The van der Waals surface area contributed by atoms with Crippen molar-refractivity contribution >= 4 is 17.3 Å². The van der Waals surface area contributed by atoms with Gasteiger partial charge in [-0.1, -0.05) is 11.6 Å². The monoisotopic (exact) mass is 275 g/mol. The molecule has 0 fully saturated rings. The second-order valence-corrected chi connectivity index (χ2v) is 4.16. The standard InChI is InChI=1S/C12H18ClNO4/c1-17-12(18-2)10-5-8(3-4-11(10)13)14-6-9(16)7-15/h3-5,9,12,14-16H,6-7H2,1-2H3. The molecule has 102 valence electrons. The number of methoxy groups -OCH3 is 2. The summed E-state index contributed by atoms with van der Waals surface area (Å²) >= 11 is 6.06. The molecule has 0 aliphatic heterocycles. The summed E-state index contributed by atoms with van der Waals surface area (Å²) in [6, 6.07) is 5.28. The van der Waals surface area contributed by atoms with Crippen LogP contribution in [0.15, 0.2) is 18.2 Å². The second kappa shape index (κ2) is 7.56. The first-order valence-electron chi connectivity index (χ1n) is 5.50. The molecule has 0 bridgehead atoms. The summed E-state index contributed by atoms with van der Waals surface area (Å²) in [5.41, 5.74) is 1.46. The maximum atomic E-state index is 9.26. The van der Waals surface area contributed by atoms with Crippen LogP contribution in [-0.2, 0) is 9.47 Å². The summed E-state index contributed by atoms with van der Waals surface area (Å²) in [6.07, 6.45) is -1.34. The van der Waals surface area contributed by atoms with Crippen molar-refractivity contribution in [1.29, 1.82) is 0 Å². The summed E-state index contributed by atoms with van der Waals surface area (Å²) in [5.74, 6) is 0. The molecule has 1 atom stereocenters. The molecule has 6 heteroatoms. The molecule has 3 N–H and O–H groups in total. The van der Waals surface area contributed by atoms with E-state index in [9.17, 15) is 5.11 Å². The van der Waals surface area contributed by atoms with E-state index in [4.69, 9.17) is 26.2 Å². The van der Waals surface area contributed by atoms with Gasteiger partial charge < -0.3 is 25.0 Å². The highest BCUT2D eigenvalue weighted by molar-refractivity contribution is 6.31. The predicted octanol–water partition coefficient (Wildman–Crippen LogP) is 1.40. The lowest BCUT2D eigenvalue weighted by molar-refractivity contribution is -0.105. The molecular weight excluding hydrogens is 258 g/mol. The molecule has 0 aromatic heterocycles. The average molecular weight is 276 g/mol. The second-order valence-electron chi connectivity index (χ2n) is 3.76. The van der Waals surface area contributed by atoms with Gasteiger partial charge in [-0.05, 0) is 18.2 Å². The first-order chi connectivity index (χ1) is 8.62. The molecule has 0 spiro atoms. The molecule has 0 heterocycles. The van der Waals surface area contributed by atoms with Gasteiger partial charge in [0.2, 0.25) is 0 Å². The fraction of sp³-hybridized carbons (Fsp3) is 0.500. The minimum atomic E-state index is -0.801. The van der Waals surface area contributed by atoms with Crippen molar-refractivity contribution in [2.45, 2.75) is 12.4 Å². The largest absolute Gasteiger partial charge is 0.394 e. The van der Waals surface area contributed by atoms with E-state index < -0.39 is 12.4 Å². The highest BCUT2D eigenvalue weighted by Gasteiger charge is 2.14. The number of rotatable bonds is 7. The Bertz CT molecular complexity index is 371. The molecule has 0 saturated heterocycles. The van der Waals surface area contributed by atoms with Crippen molar-refractivity contribution in [3.63, 3.8) is 0 Å². The van der Waals surface area contributed by atoms with E-state index in [0.29, 0.717) is 10.6 Å². The third-order valence-corrected chi connectivity index (χ3v) is 2.77. The average Bonchev–Trinajstić information content (AvgIpc) is 2.40. The van der Waals surface area contributed by atoms with Gasteiger partial charge in [-0.3, -0.25) is 0 Å². The fourth-order valence-corrected chi connectivity index (χ4v) is 1.69. The first-order valence-corrected chi connectivity index (χ1v) is 5.88. The van der Waals surface area contributed by atoms with Crippen molar-refractivity contribution in [2.75, 3.05) is 32.7 Å². The summed E-state index contributed by atoms with van der Waals surface area (Å²) in [6.45, 7) is -0.0333. The van der Waals surface area contributed by atoms with E-state index in [2.05, 4.69) is 5.32 Å². The van der Waals surface area contributed by atoms with Crippen LogP contribution in [-0.4, -0.2) is 43.7 Å². The Labute approximate surface area is 111 Å². The molecule has 0 radical (unpaired) electrons. The van der Waals surface area contributed by atoms with E-state index in [-0.39, 0.29) is 13.2 Å². The van der Waals surface area contributed by atoms with Crippen molar-refractivity contribution in [3.05, 3.63) is 28.8 Å². The Morgan fingerprint density at radius 1 is 1.33 bits per heavy atom. The Kier molecular flexibility index (Phi) is 6.38. The third kappa shape index (κ3) is 4.12. The lowest BCUT2D eigenvalue weighted by Crippen LogP contribution is -2.23. The van der Waals surface area contributed by atoms with E-state index in [1.165, 1.54) is 14.2 Å². The third-order valence-electron chi connectivity index (χ3n) is 2.43. The summed E-state index contributed by atoms with van der Waals surface area (Å²) < 4.78 is 10.3. The van der Waals surface area contributed by atoms with E-state index in [1.54, 1.807) is 18.2 Å². The number of hydrogen-bond donors (Lipinski definition) is 3. The predicted molar refractivity (Wildman–Crippen MR) is 69.8 cm³/mol. The molecule has 1 unspecified atom stereocenters. The number of halogens is 1. The molecule has 0 aliphatic carbocycles. The Hall–Kier alpha value is -0.850. The van der Waals surface area contributed by atoms with Gasteiger partial charge in [-0.25, -0.2) is 0 Å². The fourth-order valence-electron chi connectivity index (χ4n) is 1.48. The van der Waals surface area contributed by atoms with Gasteiger partial charge in [0.15, 0.2) is 6.29 Å². The van der Waals surface area contributed by atoms with Crippen LogP contribution in [0.25, 0.3) is 0 Å². The van der Waals surface area contributed by atoms with Crippen LogP contribution in [0.4, 0.5) is 5.69 Å². The van der Waals surface area contributed by atoms with Crippen LogP contribution in [0.2, 0.25) is 5.02 Å². The number of aliphatic hydroxyl groups excluding tert-OH is 2. The van der Waals surface area contributed by atoms with Gasteiger partial charge in [0.25, 0.3) is 0 Å². The molecule has 0 aliphatic rings. The maximum absolute atomic E-state index is 9.26. The Balaban J connectivity index is 2.80. The van der Waals surface area contributed by atoms with Crippen molar-refractivity contribution in [2.24, 2.45) is 0 Å². The summed E-state index contributed by atoms with van der Waals surface area (Å²) in [5, 5.41) is 21.5. The highest BCUT2D eigenvalue weighted by Crippen LogP contribution is 2.28. The summed E-state index contributed by atoms with van der Waals surface area (Å²) in [7, 11) is 3.06. The van der Waals surface area contributed by atoms with Crippen LogP contribution in [0.3, 0.4) is 0 Å². The van der Waals surface area contributed by atoms with Crippen molar-refractivity contribution in [1.82, 2.24) is 0 Å². The molecular formula is C12H18ClNO4. The first kappa shape index (κ1) is 15.2. The zero-order chi connectivity index (χ0) is 13.5. The molecule has 0 saturated carbocycles. The number of benzene rings is 1. The zero-order valence-electron chi connectivity index (χ0n) is 10.4. The number of nitrogens with one attached hydrogen (secondary N) is 1. The van der Waals surface area contributed by atoms with Gasteiger partial charge in [-0.15, -0.1) is 0 Å². The zero-order valence-corrected chi connectivity index (χ0v) is 11.1. The summed E-state index contributed by atoms with van der Waals surface area (Å²) in [4.78, 5) is 0. The number of aliphatic hydroxyl groups is 2. The number of anilines is 1. The quantitative estimate of drug-likeness (QED) is 0.656. The smallest absolute Gasteiger partial charge is 0.184 e. The molecule has 0 amide bonds. The van der Waals surface area contributed by atoms with Crippen LogP contribution >= 0.6 is 11.6 Å². The minimum Gasteiger partial charge on any atom is -0.394 e. The van der Waals surface area contributed by atoms with Gasteiger partial charge in [0.1, 0.15) is 0 Å². The van der Waals surface area contributed by atoms with Gasteiger partial charge in [0.05, 0.1) is 12.7 Å². The van der Waals surface area contributed by atoms with Crippen LogP contribution < -0.4 is 5.32 Å². The lowest BCUT2D eigenvalue weighted by Gasteiger charge is -2.17.